The minimum atomic E-state index is -1.39. The van der Waals surface area contributed by atoms with Crippen LogP contribution in [0.2, 0.25) is 0 Å². The number of piperidine rings is 1. The molecule has 1 atom stereocenters. The summed E-state index contributed by atoms with van der Waals surface area (Å²) in [5.74, 6) is -0.880. The smallest absolute Gasteiger partial charge is 0.328 e. The summed E-state index contributed by atoms with van der Waals surface area (Å²) < 4.78 is 17.9. The molecular formula is C26H31FN6O3. The van der Waals surface area contributed by atoms with Crippen molar-refractivity contribution in [2.75, 3.05) is 24.5 Å². The normalized spacial score (nSPS) is 22.8. The van der Waals surface area contributed by atoms with Crippen molar-refractivity contribution in [3.05, 3.63) is 53.2 Å². The van der Waals surface area contributed by atoms with Gasteiger partial charge in [0.15, 0.2) is 0 Å². The number of carbonyl (C=O) groups is 2. The molecule has 36 heavy (non-hydrogen) atoms. The molecule has 2 aliphatic heterocycles. The van der Waals surface area contributed by atoms with E-state index < -0.39 is 22.9 Å². The number of fused-ring (bicyclic) bond motifs is 1. The van der Waals surface area contributed by atoms with Crippen molar-refractivity contribution in [3.8, 4) is 0 Å². The van der Waals surface area contributed by atoms with Crippen LogP contribution in [-0.4, -0.2) is 56.3 Å². The minimum absolute atomic E-state index is 0.162. The lowest BCUT2D eigenvalue weighted by molar-refractivity contribution is -0.129. The molecule has 2 aromatic heterocycles. The molecule has 3 aromatic rings. The zero-order valence-corrected chi connectivity index (χ0v) is 21.0. The molecule has 190 valence electrons. The van der Waals surface area contributed by atoms with Crippen LogP contribution in [0.3, 0.4) is 0 Å². The summed E-state index contributed by atoms with van der Waals surface area (Å²) in [4.78, 5) is 31.8. The van der Waals surface area contributed by atoms with Crippen molar-refractivity contribution in [2.45, 2.75) is 45.8 Å². The number of likely N-dealkylation sites (tertiary alicyclic amines) is 1. The Kier molecular flexibility index (Phi) is 5.83. The van der Waals surface area contributed by atoms with Crippen LogP contribution in [0.4, 0.5) is 14.9 Å². The van der Waals surface area contributed by atoms with Crippen molar-refractivity contribution < 1.29 is 19.1 Å². The Morgan fingerprint density at radius 1 is 1.19 bits per heavy atom. The fourth-order valence-corrected chi connectivity index (χ4v) is 5.53. The second-order valence-electron chi connectivity index (χ2n) is 10.5. The van der Waals surface area contributed by atoms with Crippen LogP contribution in [0.15, 0.2) is 30.5 Å². The van der Waals surface area contributed by atoms with Gasteiger partial charge in [-0.2, -0.15) is 5.10 Å². The van der Waals surface area contributed by atoms with Gasteiger partial charge in [0.05, 0.1) is 34.4 Å². The van der Waals surface area contributed by atoms with E-state index in [0.29, 0.717) is 37.3 Å². The third-order valence-corrected chi connectivity index (χ3v) is 7.61. The number of imide groups is 1. The van der Waals surface area contributed by atoms with Crippen molar-refractivity contribution in [1.29, 1.82) is 0 Å². The van der Waals surface area contributed by atoms with E-state index in [-0.39, 0.29) is 29.8 Å². The molecule has 0 unspecified atom stereocenters. The average molecular weight is 495 g/mol. The zero-order valence-electron chi connectivity index (χ0n) is 21.0. The molecule has 0 aliphatic carbocycles. The van der Waals surface area contributed by atoms with Gasteiger partial charge in [-0.3, -0.25) is 29.6 Å². The highest BCUT2D eigenvalue weighted by atomic mass is 19.1. The maximum atomic E-state index is 16.0. The van der Waals surface area contributed by atoms with Crippen LogP contribution >= 0.6 is 0 Å². The van der Waals surface area contributed by atoms with Gasteiger partial charge in [-0.1, -0.05) is 19.9 Å². The number of carbonyl (C=O) groups excluding carboxylic acids is 2. The number of nitrogens with one attached hydrogen (secondary N) is 1. The Labute approximate surface area is 208 Å². The van der Waals surface area contributed by atoms with Gasteiger partial charge in [0, 0.05) is 56.0 Å². The quantitative estimate of drug-likeness (QED) is 0.578. The maximum Gasteiger partial charge on any atom is 0.328 e. The first-order valence-corrected chi connectivity index (χ1v) is 12.1. The molecule has 3 amide bonds. The van der Waals surface area contributed by atoms with Crippen LogP contribution in [-0.2, 0) is 24.0 Å². The second-order valence-corrected chi connectivity index (χ2v) is 10.5. The number of nitrogens with zero attached hydrogens (tertiary/aromatic N) is 5. The standard InChI is InChI=1S/C26H31FN6O3/c1-16-11-18(31(4)30-16)14-32-10-8-26(36,25(2,3)15-32)20-5-6-21-19(23(20)27)12-17(13-28-21)33-9-7-22(34)29-24(33)35/h5-6,11-13,36H,7-10,14-15H2,1-4H3,(H,29,34,35)/t26-/m0/s1. The summed E-state index contributed by atoms with van der Waals surface area (Å²) in [5.41, 5.74) is 1.07. The predicted octanol–water partition coefficient (Wildman–Crippen LogP) is 2.98. The van der Waals surface area contributed by atoms with Crippen molar-refractivity contribution in [2.24, 2.45) is 12.5 Å². The van der Waals surface area contributed by atoms with Crippen molar-refractivity contribution in [1.82, 2.24) is 25.0 Å². The van der Waals surface area contributed by atoms with Crippen molar-refractivity contribution in [3.63, 3.8) is 0 Å². The molecule has 2 saturated heterocycles. The number of aliphatic hydroxyl groups is 1. The molecule has 0 saturated carbocycles. The lowest BCUT2D eigenvalue weighted by Gasteiger charge is -2.50. The van der Waals surface area contributed by atoms with Crippen LogP contribution in [0.5, 0.6) is 0 Å². The monoisotopic (exact) mass is 494 g/mol. The van der Waals surface area contributed by atoms with Gasteiger partial charge in [-0.15, -0.1) is 0 Å². The Hall–Kier alpha value is -3.37. The highest BCUT2D eigenvalue weighted by Gasteiger charge is 2.50. The van der Waals surface area contributed by atoms with Gasteiger partial charge in [-0.05, 0) is 31.5 Å². The Morgan fingerprint density at radius 2 is 1.97 bits per heavy atom. The number of benzene rings is 1. The number of aryl methyl sites for hydroxylation is 2. The fraction of sp³-hybridized carbons (Fsp3) is 0.462. The summed E-state index contributed by atoms with van der Waals surface area (Å²) >= 11 is 0. The molecule has 2 N–H and O–H groups in total. The molecule has 2 aliphatic rings. The van der Waals surface area contributed by atoms with Crippen LogP contribution in [0.25, 0.3) is 10.9 Å². The van der Waals surface area contributed by atoms with E-state index in [0.717, 1.165) is 11.4 Å². The molecule has 5 rings (SSSR count). The van der Waals surface area contributed by atoms with Gasteiger partial charge in [0.2, 0.25) is 5.91 Å². The first kappa shape index (κ1) is 24.3. The van der Waals surface area contributed by atoms with E-state index in [9.17, 15) is 14.7 Å². The predicted molar refractivity (Wildman–Crippen MR) is 133 cm³/mol. The number of aromatic nitrogens is 3. The summed E-state index contributed by atoms with van der Waals surface area (Å²) in [7, 11) is 1.92. The highest BCUT2D eigenvalue weighted by Crippen LogP contribution is 2.48. The van der Waals surface area contributed by atoms with E-state index in [1.54, 1.807) is 18.2 Å². The lowest BCUT2D eigenvalue weighted by Crippen LogP contribution is -2.55. The first-order valence-electron chi connectivity index (χ1n) is 12.1. The van der Waals surface area contributed by atoms with Gasteiger partial charge in [0.25, 0.3) is 0 Å². The fourth-order valence-electron chi connectivity index (χ4n) is 5.53. The Balaban J connectivity index is 1.45. The third-order valence-electron chi connectivity index (χ3n) is 7.61. The number of hydrogen-bond acceptors (Lipinski definition) is 6. The van der Waals surface area contributed by atoms with Gasteiger partial charge in [0.1, 0.15) is 5.82 Å². The topological polar surface area (TPSA) is 104 Å². The zero-order chi connectivity index (χ0) is 25.8. The lowest BCUT2D eigenvalue weighted by atomic mass is 9.66. The number of halogens is 1. The van der Waals surface area contributed by atoms with E-state index in [4.69, 9.17) is 0 Å². The molecule has 9 nitrogen and oxygen atoms in total. The molecule has 2 fully saturated rings. The maximum absolute atomic E-state index is 16.0. The Bertz CT molecular complexity index is 1370. The van der Waals surface area contributed by atoms with E-state index >= 15 is 4.39 Å². The number of hydrogen-bond donors (Lipinski definition) is 2. The number of anilines is 1. The van der Waals surface area contributed by atoms with E-state index in [1.807, 2.05) is 32.5 Å². The highest BCUT2D eigenvalue weighted by molar-refractivity contribution is 6.06. The summed E-state index contributed by atoms with van der Waals surface area (Å²) in [5, 5.41) is 18.8. The minimum Gasteiger partial charge on any atom is -0.384 e. The molecule has 0 spiro atoms. The number of pyridine rings is 1. The second kappa shape index (κ2) is 8.63. The summed E-state index contributed by atoms with van der Waals surface area (Å²) in [6, 6.07) is 6.39. The van der Waals surface area contributed by atoms with E-state index in [2.05, 4.69) is 26.4 Å². The van der Waals surface area contributed by atoms with Crippen molar-refractivity contribution >= 4 is 28.5 Å². The molecule has 4 heterocycles. The average Bonchev–Trinajstić information content (AvgIpc) is 3.12. The van der Waals surface area contributed by atoms with E-state index in [1.165, 1.54) is 11.1 Å². The number of amides is 3. The molecule has 10 heteroatoms. The van der Waals surface area contributed by atoms with Gasteiger partial charge in [-0.25, -0.2) is 9.18 Å². The summed E-state index contributed by atoms with van der Waals surface area (Å²) in [6.07, 6.45) is 2.02. The van der Waals surface area contributed by atoms with Gasteiger partial charge >= 0.3 is 6.03 Å². The molecular weight excluding hydrogens is 463 g/mol. The van der Waals surface area contributed by atoms with Crippen LogP contribution < -0.4 is 10.2 Å². The molecule has 0 bridgehead atoms. The molecule has 1 aromatic carbocycles. The third kappa shape index (κ3) is 4.04. The van der Waals surface area contributed by atoms with Crippen LogP contribution in [0.1, 0.15) is 43.6 Å². The number of rotatable bonds is 4. The SMILES string of the molecule is Cc1cc(CN2CC[C@](O)(c3ccc4ncc(N5CCC(=O)NC5=O)cc4c3F)C(C)(C)C2)n(C)n1. The first-order chi connectivity index (χ1) is 17.0. The Morgan fingerprint density at radius 3 is 2.64 bits per heavy atom. The van der Waals surface area contributed by atoms with Crippen LogP contribution in [0, 0.1) is 18.2 Å². The largest absolute Gasteiger partial charge is 0.384 e. The van der Waals surface area contributed by atoms with Gasteiger partial charge < -0.3 is 5.11 Å². The summed E-state index contributed by atoms with van der Waals surface area (Å²) in [6.45, 7) is 7.95. The number of urea groups is 1. The molecule has 0 radical (unpaired) electrons.